The van der Waals surface area contributed by atoms with Crippen molar-refractivity contribution < 1.29 is 13.9 Å². The quantitative estimate of drug-likeness (QED) is 0.844. The van der Waals surface area contributed by atoms with Gasteiger partial charge in [-0.2, -0.15) is 0 Å². The van der Waals surface area contributed by atoms with Gasteiger partial charge in [0.1, 0.15) is 11.6 Å². The van der Waals surface area contributed by atoms with Crippen molar-refractivity contribution in [3.8, 4) is 5.75 Å². The van der Waals surface area contributed by atoms with E-state index in [1.807, 2.05) is 24.3 Å². The summed E-state index contributed by atoms with van der Waals surface area (Å²) in [6.45, 7) is 1.80. The van der Waals surface area contributed by atoms with Gasteiger partial charge in [0.05, 0.1) is 18.7 Å². The predicted molar refractivity (Wildman–Crippen MR) is 101 cm³/mol. The Kier molecular flexibility index (Phi) is 6.12. The largest absolute Gasteiger partial charge is 0.495 e. The van der Waals surface area contributed by atoms with Crippen LogP contribution in [-0.4, -0.2) is 31.0 Å². The number of carbonyl (C=O) groups is 1. The molecule has 0 bridgehead atoms. The Morgan fingerprint density at radius 3 is 2.88 bits per heavy atom. The number of carbonyl (C=O) groups excluding carboxylic acids is 1. The second-order valence-corrected chi connectivity index (χ2v) is 6.87. The third-order valence-electron chi connectivity index (χ3n) is 4.68. The summed E-state index contributed by atoms with van der Waals surface area (Å²) >= 11 is 6.13. The second kappa shape index (κ2) is 8.52. The van der Waals surface area contributed by atoms with Crippen molar-refractivity contribution >= 4 is 23.2 Å². The normalized spacial score (nSPS) is 17.7. The van der Waals surface area contributed by atoms with Crippen LogP contribution in [0, 0.1) is 11.7 Å². The van der Waals surface area contributed by atoms with Gasteiger partial charge in [0, 0.05) is 23.7 Å². The van der Waals surface area contributed by atoms with E-state index in [2.05, 4.69) is 10.2 Å². The number of halogens is 2. The number of methoxy groups -OCH3 is 1. The number of likely N-dealkylation sites (tertiary alicyclic amines) is 1. The maximum absolute atomic E-state index is 14.0. The van der Waals surface area contributed by atoms with Crippen molar-refractivity contribution in [2.45, 2.75) is 19.4 Å². The molecule has 0 saturated carbocycles. The summed E-state index contributed by atoms with van der Waals surface area (Å²) in [7, 11) is 1.57. The Balaban J connectivity index is 1.65. The highest BCUT2D eigenvalue weighted by Gasteiger charge is 2.27. The van der Waals surface area contributed by atoms with Crippen LogP contribution < -0.4 is 10.1 Å². The van der Waals surface area contributed by atoms with Crippen LogP contribution in [0.3, 0.4) is 0 Å². The second-order valence-electron chi connectivity index (χ2n) is 6.46. The molecule has 1 heterocycles. The minimum Gasteiger partial charge on any atom is -0.495 e. The molecule has 0 radical (unpaired) electrons. The lowest BCUT2D eigenvalue weighted by Gasteiger charge is -2.32. The maximum Gasteiger partial charge on any atom is 0.228 e. The highest BCUT2D eigenvalue weighted by molar-refractivity contribution is 6.31. The van der Waals surface area contributed by atoms with E-state index in [1.165, 1.54) is 6.07 Å². The van der Waals surface area contributed by atoms with E-state index < -0.39 is 0 Å². The van der Waals surface area contributed by atoms with E-state index in [0.717, 1.165) is 19.4 Å². The number of hydrogen-bond acceptors (Lipinski definition) is 3. The molecule has 1 amide bonds. The van der Waals surface area contributed by atoms with E-state index in [0.29, 0.717) is 35.1 Å². The van der Waals surface area contributed by atoms with Crippen LogP contribution in [0.2, 0.25) is 5.02 Å². The van der Waals surface area contributed by atoms with Gasteiger partial charge in [0.15, 0.2) is 0 Å². The molecule has 4 nitrogen and oxygen atoms in total. The van der Waals surface area contributed by atoms with Crippen LogP contribution in [-0.2, 0) is 11.3 Å². The molecule has 6 heteroatoms. The fourth-order valence-corrected chi connectivity index (χ4v) is 3.53. The van der Waals surface area contributed by atoms with Gasteiger partial charge in [-0.15, -0.1) is 0 Å². The first-order chi connectivity index (χ1) is 12.6. The summed E-state index contributed by atoms with van der Waals surface area (Å²) in [5, 5.41) is 3.37. The Labute approximate surface area is 157 Å². The molecule has 1 unspecified atom stereocenters. The van der Waals surface area contributed by atoms with Crippen molar-refractivity contribution in [3.05, 3.63) is 58.9 Å². The van der Waals surface area contributed by atoms with Crippen LogP contribution in [0.1, 0.15) is 18.4 Å². The van der Waals surface area contributed by atoms with Crippen LogP contribution >= 0.6 is 11.6 Å². The van der Waals surface area contributed by atoms with Gasteiger partial charge >= 0.3 is 0 Å². The van der Waals surface area contributed by atoms with Crippen LogP contribution in [0.15, 0.2) is 42.5 Å². The fourth-order valence-electron chi connectivity index (χ4n) is 3.30. The molecule has 2 aromatic carbocycles. The fraction of sp³-hybridized carbons (Fsp3) is 0.350. The third kappa shape index (κ3) is 4.34. The van der Waals surface area contributed by atoms with Gasteiger partial charge in [-0.05, 0) is 43.7 Å². The van der Waals surface area contributed by atoms with Crippen molar-refractivity contribution in [1.29, 1.82) is 0 Å². The average Bonchev–Trinajstić information content (AvgIpc) is 2.65. The molecular formula is C20H22ClFN2O2. The highest BCUT2D eigenvalue weighted by atomic mass is 35.5. The molecule has 1 atom stereocenters. The summed E-state index contributed by atoms with van der Waals surface area (Å²) in [6, 6.07) is 12.0. The third-order valence-corrected chi connectivity index (χ3v) is 5.04. The first-order valence-electron chi connectivity index (χ1n) is 8.67. The summed E-state index contributed by atoms with van der Waals surface area (Å²) < 4.78 is 19.3. The molecule has 1 saturated heterocycles. The Hall–Kier alpha value is -2.11. The van der Waals surface area contributed by atoms with Gasteiger partial charge < -0.3 is 10.1 Å². The monoisotopic (exact) mass is 376 g/mol. The van der Waals surface area contributed by atoms with Crippen molar-refractivity contribution in [2.75, 3.05) is 25.5 Å². The van der Waals surface area contributed by atoms with Gasteiger partial charge in [-0.1, -0.05) is 29.8 Å². The molecule has 0 aliphatic carbocycles. The van der Waals surface area contributed by atoms with E-state index in [1.54, 1.807) is 19.2 Å². The standard InChI is InChI=1S/C20H22ClFN2O2/c1-26-19-10-3-2-9-18(19)23-20(25)14-6-5-11-24(12-14)13-15-16(21)7-4-8-17(15)22/h2-4,7-10,14H,5-6,11-13H2,1H3,(H,23,25). The van der Waals surface area contributed by atoms with Crippen molar-refractivity contribution in [1.82, 2.24) is 4.90 Å². The molecule has 1 aliphatic rings. The number of nitrogens with one attached hydrogen (secondary N) is 1. The lowest BCUT2D eigenvalue weighted by atomic mass is 9.96. The number of benzene rings is 2. The first kappa shape index (κ1) is 18.7. The Morgan fingerprint density at radius 1 is 1.31 bits per heavy atom. The molecule has 138 valence electrons. The number of rotatable bonds is 5. The van der Waals surface area contributed by atoms with Gasteiger partial charge in [-0.3, -0.25) is 9.69 Å². The van der Waals surface area contributed by atoms with Gasteiger partial charge in [0.25, 0.3) is 0 Å². The lowest BCUT2D eigenvalue weighted by Crippen LogP contribution is -2.40. The molecule has 26 heavy (non-hydrogen) atoms. The predicted octanol–water partition coefficient (Wildman–Crippen LogP) is 4.34. The molecule has 1 N–H and O–H groups in total. The van der Waals surface area contributed by atoms with Gasteiger partial charge in [-0.25, -0.2) is 4.39 Å². The summed E-state index contributed by atoms with van der Waals surface area (Å²) in [5.41, 5.74) is 1.15. The van der Waals surface area contributed by atoms with E-state index >= 15 is 0 Å². The molecule has 2 aromatic rings. The Morgan fingerprint density at radius 2 is 2.12 bits per heavy atom. The topological polar surface area (TPSA) is 41.6 Å². The minimum absolute atomic E-state index is 0.0427. The number of para-hydroxylation sites is 2. The van der Waals surface area contributed by atoms with E-state index in [-0.39, 0.29) is 17.6 Å². The Bertz CT molecular complexity index is 764. The summed E-state index contributed by atoms with van der Waals surface area (Å²) in [4.78, 5) is 14.8. The zero-order valence-electron chi connectivity index (χ0n) is 14.7. The molecular weight excluding hydrogens is 355 g/mol. The van der Waals surface area contributed by atoms with Crippen LogP contribution in [0.25, 0.3) is 0 Å². The summed E-state index contributed by atoms with van der Waals surface area (Å²) in [5.74, 6) is 0.128. The SMILES string of the molecule is COc1ccccc1NC(=O)C1CCCN(Cc2c(F)cccc2Cl)C1. The number of amides is 1. The van der Waals surface area contributed by atoms with Crippen molar-refractivity contribution in [2.24, 2.45) is 5.92 Å². The molecule has 3 rings (SSSR count). The molecule has 0 aromatic heterocycles. The lowest BCUT2D eigenvalue weighted by molar-refractivity contribution is -0.121. The van der Waals surface area contributed by atoms with E-state index in [9.17, 15) is 9.18 Å². The molecule has 1 aliphatic heterocycles. The smallest absolute Gasteiger partial charge is 0.228 e. The summed E-state index contributed by atoms with van der Waals surface area (Å²) in [6.07, 6.45) is 1.69. The van der Waals surface area contributed by atoms with Crippen LogP contribution in [0.5, 0.6) is 5.75 Å². The van der Waals surface area contributed by atoms with Gasteiger partial charge in [0.2, 0.25) is 5.91 Å². The maximum atomic E-state index is 14.0. The van der Waals surface area contributed by atoms with Crippen molar-refractivity contribution in [3.63, 3.8) is 0 Å². The van der Waals surface area contributed by atoms with E-state index in [4.69, 9.17) is 16.3 Å². The number of ether oxygens (including phenoxy) is 1. The number of piperidine rings is 1. The zero-order chi connectivity index (χ0) is 18.5. The average molecular weight is 377 g/mol. The zero-order valence-corrected chi connectivity index (χ0v) is 15.4. The number of anilines is 1. The minimum atomic E-state index is -0.307. The van der Waals surface area contributed by atoms with Crippen LogP contribution in [0.4, 0.5) is 10.1 Å². The first-order valence-corrected chi connectivity index (χ1v) is 9.05. The number of nitrogens with zero attached hydrogens (tertiary/aromatic N) is 1. The molecule has 1 fully saturated rings. The molecule has 0 spiro atoms. The highest BCUT2D eigenvalue weighted by Crippen LogP contribution is 2.27. The number of hydrogen-bond donors (Lipinski definition) is 1.